The number of benzene rings is 1. The molecular formula is C12H15ClFN. The van der Waals surface area contributed by atoms with Crippen LogP contribution in [0.2, 0.25) is 5.02 Å². The summed E-state index contributed by atoms with van der Waals surface area (Å²) in [7, 11) is 0. The molecular weight excluding hydrogens is 213 g/mol. The second kappa shape index (κ2) is 5.89. The average Bonchev–Trinajstić information content (AvgIpc) is 2.22. The number of hydrogen-bond donors (Lipinski definition) is 1. The molecule has 0 spiro atoms. The van der Waals surface area contributed by atoms with Gasteiger partial charge in [0, 0.05) is 0 Å². The van der Waals surface area contributed by atoms with E-state index in [-0.39, 0.29) is 10.8 Å². The Morgan fingerprint density at radius 3 is 2.93 bits per heavy atom. The molecule has 1 rings (SSSR count). The molecule has 0 bridgehead atoms. The van der Waals surface area contributed by atoms with Crippen LogP contribution in [0.25, 0.3) is 0 Å². The van der Waals surface area contributed by atoms with Gasteiger partial charge in [0.2, 0.25) is 0 Å². The van der Waals surface area contributed by atoms with Crippen molar-refractivity contribution in [1.29, 1.82) is 0 Å². The standard InChI is InChI=1S/C12H15ClFN/c1-9(4-3-7-15)8-10-5-2-6-11(14)12(10)13/h2,4-6H,3,7-8,15H2,1H3/b9-4-. The largest absolute Gasteiger partial charge is 0.330 e. The van der Waals surface area contributed by atoms with E-state index in [9.17, 15) is 4.39 Å². The van der Waals surface area contributed by atoms with Crippen molar-refractivity contribution in [3.8, 4) is 0 Å². The zero-order valence-corrected chi connectivity index (χ0v) is 9.52. The van der Waals surface area contributed by atoms with E-state index in [4.69, 9.17) is 17.3 Å². The molecule has 0 saturated carbocycles. The molecule has 0 aliphatic rings. The van der Waals surface area contributed by atoms with Crippen molar-refractivity contribution in [3.63, 3.8) is 0 Å². The predicted molar refractivity (Wildman–Crippen MR) is 62.5 cm³/mol. The van der Waals surface area contributed by atoms with Crippen LogP contribution in [0, 0.1) is 5.82 Å². The highest BCUT2D eigenvalue weighted by atomic mass is 35.5. The summed E-state index contributed by atoms with van der Waals surface area (Å²) in [6, 6.07) is 4.88. The van der Waals surface area contributed by atoms with Crippen molar-refractivity contribution in [3.05, 3.63) is 46.3 Å². The molecule has 1 aromatic rings. The third-order valence-corrected chi connectivity index (χ3v) is 2.58. The summed E-state index contributed by atoms with van der Waals surface area (Å²) in [5.41, 5.74) is 7.38. The predicted octanol–water partition coefficient (Wildman–Crippen LogP) is 3.32. The molecule has 0 radical (unpaired) electrons. The highest BCUT2D eigenvalue weighted by Gasteiger charge is 2.05. The first-order chi connectivity index (χ1) is 7.15. The average molecular weight is 228 g/mol. The summed E-state index contributed by atoms with van der Waals surface area (Å²) in [4.78, 5) is 0. The van der Waals surface area contributed by atoms with Gasteiger partial charge in [-0.05, 0) is 37.9 Å². The highest BCUT2D eigenvalue weighted by Crippen LogP contribution is 2.22. The molecule has 0 unspecified atom stereocenters. The van der Waals surface area contributed by atoms with Gasteiger partial charge in [-0.25, -0.2) is 4.39 Å². The number of hydrogen-bond acceptors (Lipinski definition) is 1. The molecule has 0 fully saturated rings. The van der Waals surface area contributed by atoms with Gasteiger partial charge in [-0.3, -0.25) is 0 Å². The third kappa shape index (κ3) is 3.65. The molecule has 0 aliphatic heterocycles. The van der Waals surface area contributed by atoms with Crippen LogP contribution in [0.1, 0.15) is 18.9 Å². The SMILES string of the molecule is C/C(=C/CCN)Cc1cccc(F)c1Cl. The van der Waals surface area contributed by atoms with Crippen LogP contribution in [0.4, 0.5) is 4.39 Å². The number of nitrogens with two attached hydrogens (primary N) is 1. The summed E-state index contributed by atoms with van der Waals surface area (Å²) in [5, 5.41) is 0.220. The lowest BCUT2D eigenvalue weighted by atomic mass is 10.1. The zero-order chi connectivity index (χ0) is 11.3. The van der Waals surface area contributed by atoms with Crippen LogP contribution in [0.5, 0.6) is 0 Å². The summed E-state index contributed by atoms with van der Waals surface area (Å²) in [6.45, 7) is 2.63. The Balaban J connectivity index is 2.76. The van der Waals surface area contributed by atoms with Crippen LogP contribution >= 0.6 is 11.6 Å². The van der Waals surface area contributed by atoms with E-state index in [1.54, 1.807) is 6.07 Å². The molecule has 3 heteroatoms. The third-order valence-electron chi connectivity index (χ3n) is 2.16. The Morgan fingerprint density at radius 1 is 1.53 bits per heavy atom. The van der Waals surface area contributed by atoms with Crippen molar-refractivity contribution in [2.45, 2.75) is 19.8 Å². The van der Waals surface area contributed by atoms with E-state index in [1.807, 2.05) is 13.0 Å². The number of allylic oxidation sites excluding steroid dienone is 1. The Morgan fingerprint density at radius 2 is 2.27 bits per heavy atom. The summed E-state index contributed by atoms with van der Waals surface area (Å²) >= 11 is 5.84. The lowest BCUT2D eigenvalue weighted by molar-refractivity contribution is 0.626. The molecule has 0 saturated heterocycles. The first-order valence-electron chi connectivity index (χ1n) is 4.93. The van der Waals surface area contributed by atoms with Gasteiger partial charge in [-0.1, -0.05) is 35.4 Å². The van der Waals surface area contributed by atoms with Crippen molar-refractivity contribution < 1.29 is 4.39 Å². The van der Waals surface area contributed by atoms with Gasteiger partial charge >= 0.3 is 0 Å². The fraction of sp³-hybridized carbons (Fsp3) is 0.333. The maximum absolute atomic E-state index is 13.1. The van der Waals surface area contributed by atoms with E-state index in [2.05, 4.69) is 6.08 Å². The monoisotopic (exact) mass is 227 g/mol. The van der Waals surface area contributed by atoms with Crippen molar-refractivity contribution in [2.75, 3.05) is 6.54 Å². The first kappa shape index (κ1) is 12.2. The fourth-order valence-corrected chi connectivity index (χ4v) is 1.58. The summed E-state index contributed by atoms with van der Waals surface area (Å²) < 4.78 is 13.1. The van der Waals surface area contributed by atoms with Crippen molar-refractivity contribution in [2.24, 2.45) is 5.73 Å². The maximum Gasteiger partial charge on any atom is 0.142 e. The van der Waals surface area contributed by atoms with E-state index in [1.165, 1.54) is 6.07 Å². The molecule has 15 heavy (non-hydrogen) atoms. The highest BCUT2D eigenvalue weighted by molar-refractivity contribution is 6.31. The van der Waals surface area contributed by atoms with Gasteiger partial charge in [0.25, 0.3) is 0 Å². The molecule has 1 nitrogen and oxygen atoms in total. The fourth-order valence-electron chi connectivity index (χ4n) is 1.39. The summed E-state index contributed by atoms with van der Waals surface area (Å²) in [5.74, 6) is -0.360. The maximum atomic E-state index is 13.1. The van der Waals surface area contributed by atoms with E-state index >= 15 is 0 Å². The Labute approximate surface area is 94.7 Å². The van der Waals surface area contributed by atoms with Crippen LogP contribution in [-0.4, -0.2) is 6.54 Å². The zero-order valence-electron chi connectivity index (χ0n) is 8.76. The topological polar surface area (TPSA) is 26.0 Å². The van der Waals surface area contributed by atoms with Crippen LogP contribution < -0.4 is 5.73 Å². The van der Waals surface area contributed by atoms with Gasteiger partial charge in [0.1, 0.15) is 5.82 Å². The number of rotatable bonds is 4. The van der Waals surface area contributed by atoms with Gasteiger partial charge in [0.15, 0.2) is 0 Å². The van der Waals surface area contributed by atoms with Gasteiger partial charge in [0.05, 0.1) is 5.02 Å². The van der Waals surface area contributed by atoms with Crippen molar-refractivity contribution >= 4 is 11.6 Å². The number of halogens is 2. The minimum atomic E-state index is -0.360. The Bertz CT molecular complexity index is 361. The van der Waals surface area contributed by atoms with Crippen molar-refractivity contribution in [1.82, 2.24) is 0 Å². The molecule has 82 valence electrons. The molecule has 0 heterocycles. The van der Waals surface area contributed by atoms with Crippen LogP contribution in [0.3, 0.4) is 0 Å². The molecule has 0 atom stereocenters. The second-order valence-electron chi connectivity index (χ2n) is 3.52. The molecule has 0 aliphatic carbocycles. The Kier molecular flexibility index (Phi) is 4.79. The summed E-state index contributed by atoms with van der Waals surface area (Å²) in [6.07, 6.45) is 3.58. The van der Waals surface area contributed by atoms with E-state index < -0.39 is 0 Å². The molecule has 2 N–H and O–H groups in total. The lowest BCUT2D eigenvalue weighted by Gasteiger charge is -2.05. The lowest BCUT2D eigenvalue weighted by Crippen LogP contribution is -1.97. The second-order valence-corrected chi connectivity index (χ2v) is 3.90. The van der Waals surface area contributed by atoms with Crippen LogP contribution in [0.15, 0.2) is 29.8 Å². The minimum absolute atomic E-state index is 0.220. The molecule has 0 amide bonds. The quantitative estimate of drug-likeness (QED) is 0.785. The van der Waals surface area contributed by atoms with E-state index in [0.29, 0.717) is 13.0 Å². The van der Waals surface area contributed by atoms with Gasteiger partial charge < -0.3 is 5.73 Å². The van der Waals surface area contributed by atoms with Crippen LogP contribution in [-0.2, 0) is 6.42 Å². The normalized spacial score (nSPS) is 11.9. The van der Waals surface area contributed by atoms with E-state index in [0.717, 1.165) is 17.6 Å². The van der Waals surface area contributed by atoms with Gasteiger partial charge in [-0.15, -0.1) is 0 Å². The molecule has 1 aromatic carbocycles. The Hall–Kier alpha value is -0.860. The first-order valence-corrected chi connectivity index (χ1v) is 5.31. The van der Waals surface area contributed by atoms with Gasteiger partial charge in [-0.2, -0.15) is 0 Å². The smallest absolute Gasteiger partial charge is 0.142 e. The molecule has 0 aromatic heterocycles. The minimum Gasteiger partial charge on any atom is -0.330 e.